The van der Waals surface area contributed by atoms with Crippen LogP contribution in [0.2, 0.25) is 0 Å². The maximum atomic E-state index is 12.0. The standard InChI is InChI=1S/C12H20N4O8/c1-4(17)9(16-10(21)5(13)2-7(14)18)11(22)15-6(12(23)24)3-8(19)20/h4-6,9,17H,2-3,13H2,1H3,(H2,14,18)(H,15,22)(H,16,21)(H,19,20)(H,23,24). The van der Waals surface area contributed by atoms with Gasteiger partial charge in [0.2, 0.25) is 17.7 Å². The van der Waals surface area contributed by atoms with Gasteiger partial charge in [0.1, 0.15) is 12.1 Å². The third-order valence-corrected chi connectivity index (χ3v) is 2.81. The van der Waals surface area contributed by atoms with Crippen molar-refractivity contribution in [3.63, 3.8) is 0 Å². The highest BCUT2D eigenvalue weighted by Gasteiger charge is 2.32. The Balaban J connectivity index is 5.00. The number of primary amides is 1. The van der Waals surface area contributed by atoms with Gasteiger partial charge < -0.3 is 37.4 Å². The molecule has 0 rings (SSSR count). The molecule has 0 fully saturated rings. The summed E-state index contributed by atoms with van der Waals surface area (Å²) in [6.07, 6.45) is -2.85. The van der Waals surface area contributed by atoms with Gasteiger partial charge in [-0.2, -0.15) is 0 Å². The summed E-state index contributed by atoms with van der Waals surface area (Å²) in [5, 5.41) is 31.0. The maximum absolute atomic E-state index is 12.0. The number of carboxylic acids is 2. The van der Waals surface area contributed by atoms with Crippen LogP contribution in [0, 0.1) is 0 Å². The second-order valence-electron chi connectivity index (χ2n) is 5.00. The molecule has 4 atom stereocenters. The summed E-state index contributed by atoms with van der Waals surface area (Å²) >= 11 is 0. The lowest BCUT2D eigenvalue weighted by Crippen LogP contribution is -2.58. The van der Waals surface area contributed by atoms with Crippen molar-refractivity contribution >= 4 is 29.7 Å². The van der Waals surface area contributed by atoms with E-state index in [1.807, 2.05) is 10.6 Å². The minimum Gasteiger partial charge on any atom is -0.481 e. The Hall–Kier alpha value is -2.73. The van der Waals surface area contributed by atoms with Crippen molar-refractivity contribution in [1.29, 1.82) is 0 Å². The first-order valence-corrected chi connectivity index (χ1v) is 6.73. The summed E-state index contributed by atoms with van der Waals surface area (Å²) < 4.78 is 0. The van der Waals surface area contributed by atoms with Crippen LogP contribution in [0.5, 0.6) is 0 Å². The van der Waals surface area contributed by atoms with Crippen LogP contribution >= 0.6 is 0 Å². The highest BCUT2D eigenvalue weighted by Crippen LogP contribution is 2.00. The lowest BCUT2D eigenvalue weighted by Gasteiger charge is -2.24. The van der Waals surface area contributed by atoms with E-state index < -0.39 is 66.7 Å². The number of nitrogens with one attached hydrogen (secondary N) is 2. The number of hydrogen-bond donors (Lipinski definition) is 7. The molecule has 4 unspecified atom stereocenters. The normalized spacial score (nSPS) is 15.5. The third kappa shape index (κ3) is 7.51. The molecule has 24 heavy (non-hydrogen) atoms. The molecule has 0 aromatic rings. The zero-order chi connectivity index (χ0) is 19.0. The molecule has 0 aromatic carbocycles. The maximum Gasteiger partial charge on any atom is 0.326 e. The average molecular weight is 348 g/mol. The van der Waals surface area contributed by atoms with Crippen molar-refractivity contribution < 1.29 is 39.3 Å². The van der Waals surface area contributed by atoms with Crippen LogP contribution in [0.1, 0.15) is 19.8 Å². The molecule has 0 bridgehead atoms. The van der Waals surface area contributed by atoms with E-state index in [9.17, 15) is 29.1 Å². The molecule has 0 aliphatic heterocycles. The van der Waals surface area contributed by atoms with Gasteiger partial charge in [0.25, 0.3) is 0 Å². The zero-order valence-corrected chi connectivity index (χ0v) is 12.8. The number of aliphatic hydroxyl groups is 1. The van der Waals surface area contributed by atoms with Gasteiger partial charge in [0.05, 0.1) is 25.0 Å². The molecule has 9 N–H and O–H groups in total. The number of hydrogen-bond acceptors (Lipinski definition) is 7. The minimum absolute atomic E-state index is 0.503. The Morgan fingerprint density at radius 3 is 1.92 bits per heavy atom. The predicted octanol–water partition coefficient (Wildman–Crippen LogP) is -3.90. The molecule has 0 heterocycles. The van der Waals surface area contributed by atoms with Crippen molar-refractivity contribution in [2.24, 2.45) is 11.5 Å². The Labute approximate surface area is 136 Å². The molecule has 0 aromatic heterocycles. The second-order valence-corrected chi connectivity index (χ2v) is 5.00. The van der Waals surface area contributed by atoms with Gasteiger partial charge >= 0.3 is 11.9 Å². The molecule has 0 aliphatic rings. The number of amides is 3. The molecular formula is C12H20N4O8. The van der Waals surface area contributed by atoms with Gasteiger partial charge in [0.15, 0.2) is 0 Å². The first-order chi connectivity index (χ1) is 11.0. The highest BCUT2D eigenvalue weighted by atomic mass is 16.4. The van der Waals surface area contributed by atoms with Crippen molar-refractivity contribution in [2.75, 3.05) is 0 Å². The summed E-state index contributed by atoms with van der Waals surface area (Å²) in [6, 6.07) is -4.73. The molecule has 12 heteroatoms. The summed E-state index contributed by atoms with van der Waals surface area (Å²) in [4.78, 5) is 55.9. The average Bonchev–Trinajstić information content (AvgIpc) is 2.41. The van der Waals surface area contributed by atoms with Gasteiger partial charge in [0, 0.05) is 0 Å². The number of aliphatic hydroxyl groups excluding tert-OH is 1. The van der Waals surface area contributed by atoms with Crippen LogP contribution in [-0.4, -0.2) is 69.2 Å². The monoisotopic (exact) mass is 348 g/mol. The van der Waals surface area contributed by atoms with Crippen LogP contribution in [0.4, 0.5) is 0 Å². The quantitative estimate of drug-likeness (QED) is 0.204. The Morgan fingerprint density at radius 1 is 1.00 bits per heavy atom. The van der Waals surface area contributed by atoms with Crippen molar-refractivity contribution in [1.82, 2.24) is 10.6 Å². The van der Waals surface area contributed by atoms with E-state index >= 15 is 0 Å². The van der Waals surface area contributed by atoms with Crippen molar-refractivity contribution in [3.05, 3.63) is 0 Å². The Kier molecular flexibility index (Phi) is 8.35. The number of aliphatic carboxylic acids is 2. The molecule has 0 radical (unpaired) electrons. The van der Waals surface area contributed by atoms with E-state index in [2.05, 4.69) is 0 Å². The number of carbonyl (C=O) groups excluding carboxylic acids is 3. The SMILES string of the molecule is CC(O)C(NC(=O)C(N)CC(N)=O)C(=O)NC(CC(=O)O)C(=O)O. The summed E-state index contributed by atoms with van der Waals surface area (Å²) in [7, 11) is 0. The van der Waals surface area contributed by atoms with Gasteiger partial charge in [-0.05, 0) is 6.92 Å². The second kappa shape index (κ2) is 9.42. The van der Waals surface area contributed by atoms with Crippen molar-refractivity contribution in [2.45, 2.75) is 44.0 Å². The number of carboxylic acid groups (broad SMARTS) is 2. The van der Waals surface area contributed by atoms with Gasteiger partial charge in [-0.3, -0.25) is 19.2 Å². The van der Waals surface area contributed by atoms with E-state index in [-0.39, 0.29) is 0 Å². The predicted molar refractivity (Wildman–Crippen MR) is 77.2 cm³/mol. The molecule has 12 nitrogen and oxygen atoms in total. The van der Waals surface area contributed by atoms with E-state index in [1.165, 1.54) is 0 Å². The first kappa shape index (κ1) is 21.3. The Bertz CT molecular complexity index is 521. The van der Waals surface area contributed by atoms with Gasteiger partial charge in [-0.15, -0.1) is 0 Å². The number of nitrogens with two attached hydrogens (primary N) is 2. The van der Waals surface area contributed by atoms with Crippen LogP contribution in [-0.2, 0) is 24.0 Å². The fraction of sp³-hybridized carbons (Fsp3) is 0.583. The van der Waals surface area contributed by atoms with Crippen LogP contribution in [0.25, 0.3) is 0 Å². The number of rotatable bonds is 10. The van der Waals surface area contributed by atoms with E-state index in [4.69, 9.17) is 21.7 Å². The van der Waals surface area contributed by atoms with E-state index in [0.717, 1.165) is 6.92 Å². The smallest absolute Gasteiger partial charge is 0.326 e. The van der Waals surface area contributed by atoms with Gasteiger partial charge in [-0.1, -0.05) is 0 Å². The van der Waals surface area contributed by atoms with Crippen LogP contribution < -0.4 is 22.1 Å². The lowest BCUT2D eigenvalue weighted by molar-refractivity contribution is -0.147. The van der Waals surface area contributed by atoms with Crippen LogP contribution in [0.3, 0.4) is 0 Å². The van der Waals surface area contributed by atoms with E-state index in [0.29, 0.717) is 0 Å². The fourth-order valence-electron chi connectivity index (χ4n) is 1.61. The largest absolute Gasteiger partial charge is 0.481 e. The molecule has 136 valence electrons. The number of carbonyl (C=O) groups is 5. The molecular weight excluding hydrogens is 328 g/mol. The molecule has 0 aliphatic carbocycles. The van der Waals surface area contributed by atoms with E-state index in [1.54, 1.807) is 0 Å². The molecule has 3 amide bonds. The molecule has 0 saturated heterocycles. The third-order valence-electron chi connectivity index (χ3n) is 2.81. The lowest BCUT2D eigenvalue weighted by atomic mass is 10.1. The fourth-order valence-corrected chi connectivity index (χ4v) is 1.61. The Morgan fingerprint density at radius 2 is 1.54 bits per heavy atom. The summed E-state index contributed by atoms with van der Waals surface area (Å²) in [6.45, 7) is 1.14. The van der Waals surface area contributed by atoms with Crippen LogP contribution in [0.15, 0.2) is 0 Å². The molecule has 0 spiro atoms. The van der Waals surface area contributed by atoms with Gasteiger partial charge in [-0.25, -0.2) is 4.79 Å². The topological polar surface area (TPSA) is 222 Å². The zero-order valence-electron chi connectivity index (χ0n) is 12.8. The highest BCUT2D eigenvalue weighted by molar-refractivity contribution is 5.94. The summed E-state index contributed by atoms with van der Waals surface area (Å²) in [5.41, 5.74) is 10.3. The van der Waals surface area contributed by atoms with Crippen molar-refractivity contribution in [3.8, 4) is 0 Å². The first-order valence-electron chi connectivity index (χ1n) is 6.73. The molecule has 0 saturated carbocycles. The minimum atomic E-state index is -1.76. The summed E-state index contributed by atoms with van der Waals surface area (Å²) in [5.74, 6) is -6.03.